The first-order valence-corrected chi connectivity index (χ1v) is 5.64. The highest BCUT2D eigenvalue weighted by Crippen LogP contribution is 2.37. The van der Waals surface area contributed by atoms with E-state index in [0.717, 1.165) is 0 Å². The predicted octanol–water partition coefficient (Wildman–Crippen LogP) is 1.46. The van der Waals surface area contributed by atoms with Crippen molar-refractivity contribution in [1.29, 1.82) is 0 Å². The zero-order valence-corrected chi connectivity index (χ0v) is 10.1. The van der Waals surface area contributed by atoms with Crippen LogP contribution in [0, 0.1) is 6.92 Å². The van der Waals surface area contributed by atoms with Crippen LogP contribution in [-0.4, -0.2) is 17.9 Å². The number of carboxylic acid groups (broad SMARTS) is 1. The van der Waals surface area contributed by atoms with Gasteiger partial charge in [-0.25, -0.2) is 4.79 Å². The van der Waals surface area contributed by atoms with Gasteiger partial charge in [-0.3, -0.25) is 4.79 Å². The van der Waals surface area contributed by atoms with E-state index in [4.69, 9.17) is 19.0 Å². The highest BCUT2D eigenvalue weighted by Gasteiger charge is 2.19. The Morgan fingerprint density at radius 3 is 2.68 bits per heavy atom. The number of rotatable bonds is 2. The average Bonchev–Trinajstić information content (AvgIpc) is 2.79. The van der Waals surface area contributed by atoms with Gasteiger partial charge in [-0.1, -0.05) is 0 Å². The van der Waals surface area contributed by atoms with Crippen LogP contribution >= 0.6 is 0 Å². The minimum absolute atomic E-state index is 0.122. The number of carboxylic acids is 1. The molecular weight excluding hydrogens is 252 g/mol. The van der Waals surface area contributed by atoms with Crippen molar-refractivity contribution in [3.8, 4) is 11.5 Å². The quantitative estimate of drug-likeness (QED) is 0.824. The van der Waals surface area contributed by atoms with Crippen LogP contribution in [0.25, 0.3) is 11.0 Å². The van der Waals surface area contributed by atoms with Gasteiger partial charge in [0.2, 0.25) is 6.79 Å². The van der Waals surface area contributed by atoms with Gasteiger partial charge in [-0.05, 0) is 18.6 Å². The topological polar surface area (TPSA) is 86.0 Å². The molecule has 0 atom stereocenters. The number of carbonyl (C=O) groups is 1. The minimum Gasteiger partial charge on any atom is -0.481 e. The van der Waals surface area contributed by atoms with Gasteiger partial charge in [0, 0.05) is 11.5 Å². The maximum absolute atomic E-state index is 11.8. The third kappa shape index (κ3) is 1.81. The van der Waals surface area contributed by atoms with Crippen molar-refractivity contribution in [2.24, 2.45) is 0 Å². The monoisotopic (exact) mass is 262 g/mol. The molecule has 2 heterocycles. The van der Waals surface area contributed by atoms with E-state index in [-0.39, 0.29) is 18.8 Å². The summed E-state index contributed by atoms with van der Waals surface area (Å²) in [5, 5.41) is 9.47. The fourth-order valence-electron chi connectivity index (χ4n) is 2.13. The smallest absolute Gasteiger partial charge is 0.340 e. The Labute approximate surface area is 107 Å². The Balaban J connectivity index is 2.29. The summed E-state index contributed by atoms with van der Waals surface area (Å²) in [5.74, 6) is 0.00209. The Bertz CT molecular complexity index is 743. The summed E-state index contributed by atoms with van der Waals surface area (Å²) >= 11 is 0. The zero-order valence-electron chi connectivity index (χ0n) is 10.1. The molecule has 6 nitrogen and oxygen atoms in total. The summed E-state index contributed by atoms with van der Waals surface area (Å²) in [6, 6.07) is 3.28. The summed E-state index contributed by atoms with van der Waals surface area (Å²) in [4.78, 5) is 22.6. The summed E-state index contributed by atoms with van der Waals surface area (Å²) in [6.07, 6.45) is -0.363. The number of fused-ring (bicyclic) bond motifs is 2. The second kappa shape index (κ2) is 4.01. The molecule has 1 aromatic carbocycles. The lowest BCUT2D eigenvalue weighted by Gasteiger charge is -2.06. The van der Waals surface area contributed by atoms with Gasteiger partial charge >= 0.3 is 11.6 Å². The molecule has 0 aliphatic carbocycles. The molecule has 0 bridgehead atoms. The van der Waals surface area contributed by atoms with Gasteiger partial charge in [-0.15, -0.1) is 0 Å². The van der Waals surface area contributed by atoms with E-state index in [1.54, 1.807) is 19.1 Å². The molecule has 0 spiro atoms. The standard InChI is InChI=1S/C13H10O6/c1-6-7-2-10-11(18-5-17-10)4-9(7)19-13(16)8(6)3-12(14)15/h2,4H,3,5H2,1H3,(H,14,15). The molecule has 0 unspecified atom stereocenters. The lowest BCUT2D eigenvalue weighted by Crippen LogP contribution is -2.14. The summed E-state index contributed by atoms with van der Waals surface area (Å²) < 4.78 is 15.6. The van der Waals surface area contributed by atoms with Crippen LogP contribution in [-0.2, 0) is 11.2 Å². The molecule has 0 radical (unpaired) electrons. The third-order valence-electron chi connectivity index (χ3n) is 3.11. The van der Waals surface area contributed by atoms with E-state index in [9.17, 15) is 9.59 Å². The lowest BCUT2D eigenvalue weighted by atomic mass is 10.0. The Morgan fingerprint density at radius 1 is 1.32 bits per heavy atom. The SMILES string of the molecule is Cc1c(CC(=O)O)c(=O)oc2cc3c(cc12)OCO3. The fraction of sp³-hybridized carbons (Fsp3) is 0.231. The van der Waals surface area contributed by atoms with E-state index in [1.807, 2.05) is 0 Å². The molecule has 1 aliphatic rings. The summed E-state index contributed by atoms with van der Waals surface area (Å²) in [7, 11) is 0. The largest absolute Gasteiger partial charge is 0.481 e. The van der Waals surface area contributed by atoms with Crippen molar-refractivity contribution >= 4 is 16.9 Å². The van der Waals surface area contributed by atoms with Crippen molar-refractivity contribution in [2.45, 2.75) is 13.3 Å². The molecule has 1 aromatic heterocycles. The van der Waals surface area contributed by atoms with Crippen LogP contribution in [0.2, 0.25) is 0 Å². The highest BCUT2D eigenvalue weighted by atomic mass is 16.7. The molecule has 3 rings (SSSR count). The second-order valence-electron chi connectivity index (χ2n) is 4.27. The van der Waals surface area contributed by atoms with Crippen LogP contribution in [0.3, 0.4) is 0 Å². The van der Waals surface area contributed by atoms with E-state index in [2.05, 4.69) is 0 Å². The van der Waals surface area contributed by atoms with Gasteiger partial charge < -0.3 is 19.0 Å². The normalized spacial score (nSPS) is 12.9. The highest BCUT2D eigenvalue weighted by molar-refractivity contribution is 5.86. The van der Waals surface area contributed by atoms with Crippen LogP contribution in [0.4, 0.5) is 0 Å². The Kier molecular flexibility index (Phi) is 2.45. The number of aryl methyl sites for hydroxylation is 1. The molecule has 6 heteroatoms. The van der Waals surface area contributed by atoms with E-state index < -0.39 is 11.6 Å². The van der Waals surface area contributed by atoms with Gasteiger partial charge in [0.05, 0.1) is 12.0 Å². The van der Waals surface area contributed by atoms with Crippen molar-refractivity contribution in [3.05, 3.63) is 33.7 Å². The van der Waals surface area contributed by atoms with Gasteiger partial charge in [-0.2, -0.15) is 0 Å². The van der Waals surface area contributed by atoms with Crippen LogP contribution in [0.1, 0.15) is 11.1 Å². The first kappa shape index (κ1) is 11.6. The first-order chi connectivity index (χ1) is 9.06. The Hall–Kier alpha value is -2.50. The van der Waals surface area contributed by atoms with Crippen LogP contribution in [0.5, 0.6) is 11.5 Å². The summed E-state index contributed by atoms with van der Waals surface area (Å²) in [5.41, 5.74) is 0.470. The van der Waals surface area contributed by atoms with E-state index in [0.29, 0.717) is 28.0 Å². The van der Waals surface area contributed by atoms with Crippen LogP contribution < -0.4 is 15.1 Å². The second-order valence-corrected chi connectivity index (χ2v) is 4.27. The molecule has 98 valence electrons. The van der Waals surface area contributed by atoms with E-state index >= 15 is 0 Å². The maximum Gasteiger partial charge on any atom is 0.340 e. The fourth-order valence-corrected chi connectivity index (χ4v) is 2.13. The first-order valence-electron chi connectivity index (χ1n) is 5.64. The minimum atomic E-state index is -1.07. The molecular formula is C13H10O6. The number of hydrogen-bond donors (Lipinski definition) is 1. The molecule has 19 heavy (non-hydrogen) atoms. The van der Waals surface area contributed by atoms with Gasteiger partial charge in [0.15, 0.2) is 11.5 Å². The number of ether oxygens (including phenoxy) is 2. The van der Waals surface area contributed by atoms with Gasteiger partial charge in [0.25, 0.3) is 0 Å². The molecule has 0 fully saturated rings. The molecule has 2 aromatic rings. The van der Waals surface area contributed by atoms with Gasteiger partial charge in [0.1, 0.15) is 5.58 Å². The number of aliphatic carboxylic acids is 1. The van der Waals surface area contributed by atoms with Crippen LogP contribution in [0.15, 0.2) is 21.3 Å². The number of hydrogen-bond acceptors (Lipinski definition) is 5. The molecule has 0 amide bonds. The zero-order chi connectivity index (χ0) is 13.6. The maximum atomic E-state index is 11.8. The molecule has 1 aliphatic heterocycles. The van der Waals surface area contributed by atoms with E-state index in [1.165, 1.54) is 0 Å². The van der Waals surface area contributed by atoms with Crippen molar-refractivity contribution in [1.82, 2.24) is 0 Å². The van der Waals surface area contributed by atoms with Crippen molar-refractivity contribution in [3.63, 3.8) is 0 Å². The third-order valence-corrected chi connectivity index (χ3v) is 3.11. The Morgan fingerprint density at radius 2 is 2.00 bits per heavy atom. The van der Waals surface area contributed by atoms with Crippen molar-refractivity contribution in [2.75, 3.05) is 6.79 Å². The predicted molar refractivity (Wildman–Crippen MR) is 64.7 cm³/mol. The van der Waals surface area contributed by atoms with Crippen molar-refractivity contribution < 1.29 is 23.8 Å². The lowest BCUT2D eigenvalue weighted by molar-refractivity contribution is -0.136. The average molecular weight is 262 g/mol. The number of benzene rings is 1. The summed E-state index contributed by atoms with van der Waals surface area (Å²) in [6.45, 7) is 1.82. The molecule has 0 saturated heterocycles. The molecule has 1 N–H and O–H groups in total. The molecule has 0 saturated carbocycles.